The Morgan fingerprint density at radius 2 is 1.94 bits per heavy atom. The van der Waals surface area contributed by atoms with Gasteiger partial charge in [-0.25, -0.2) is 4.79 Å². The van der Waals surface area contributed by atoms with Crippen molar-refractivity contribution in [2.24, 2.45) is 11.7 Å². The molecule has 3 aliphatic rings. The van der Waals surface area contributed by atoms with E-state index < -0.39 is 0 Å². The highest BCUT2D eigenvalue weighted by atomic mass is 16.5. The number of nitrogens with one attached hydrogen (secondary N) is 3. The lowest BCUT2D eigenvalue weighted by molar-refractivity contribution is 0.261. The summed E-state index contributed by atoms with van der Waals surface area (Å²) in [4.78, 5) is 17.2. The number of nitrogens with zero attached hydrogens (tertiary/aromatic N) is 2. The van der Waals surface area contributed by atoms with Gasteiger partial charge in [-0.05, 0) is 107 Å². The van der Waals surface area contributed by atoms with Crippen LogP contribution in [0.2, 0.25) is 0 Å². The zero-order valence-corrected chi connectivity index (χ0v) is 19.3. The Hall–Kier alpha value is -2.42. The van der Waals surface area contributed by atoms with Crippen molar-refractivity contribution >= 4 is 11.5 Å². The van der Waals surface area contributed by atoms with Gasteiger partial charge in [0.1, 0.15) is 0 Å². The molecule has 2 aromatic rings. The SMILES string of the molecule is NCCCNC[C@H]1CC[C@H](n2cc3c(nc2=O)Nc2cc(C4CCNCC4)ccc2O3)CC1. The lowest BCUT2D eigenvalue weighted by Crippen LogP contribution is -2.33. The number of hydrogen-bond donors (Lipinski definition) is 4. The molecule has 0 bridgehead atoms. The minimum atomic E-state index is -0.202. The molecule has 0 spiro atoms. The molecule has 8 nitrogen and oxygen atoms in total. The number of rotatable bonds is 7. The van der Waals surface area contributed by atoms with E-state index in [9.17, 15) is 4.79 Å². The Morgan fingerprint density at radius 1 is 1.12 bits per heavy atom. The van der Waals surface area contributed by atoms with Gasteiger partial charge in [0.2, 0.25) is 0 Å². The van der Waals surface area contributed by atoms with Crippen LogP contribution < -0.4 is 32.1 Å². The summed E-state index contributed by atoms with van der Waals surface area (Å²) in [5.74, 6) is 3.16. The molecule has 1 aromatic heterocycles. The first-order valence-corrected chi connectivity index (χ1v) is 12.5. The monoisotopic (exact) mass is 452 g/mol. The van der Waals surface area contributed by atoms with Crippen LogP contribution in [-0.2, 0) is 0 Å². The molecule has 33 heavy (non-hydrogen) atoms. The Labute approximate surface area is 195 Å². The highest BCUT2D eigenvalue weighted by Gasteiger charge is 2.27. The molecule has 0 radical (unpaired) electrons. The first-order chi connectivity index (χ1) is 16.2. The summed E-state index contributed by atoms with van der Waals surface area (Å²) in [6.07, 6.45) is 9.38. The van der Waals surface area contributed by atoms with Crippen LogP contribution in [-0.4, -0.2) is 42.3 Å². The maximum atomic E-state index is 12.9. The van der Waals surface area contributed by atoms with E-state index in [1.807, 2.05) is 12.3 Å². The fraction of sp³-hybridized carbons (Fsp3) is 0.600. The lowest BCUT2D eigenvalue weighted by Gasteiger charge is -2.31. The van der Waals surface area contributed by atoms with E-state index in [1.54, 1.807) is 4.57 Å². The van der Waals surface area contributed by atoms with Crippen molar-refractivity contribution in [2.75, 3.05) is 38.0 Å². The molecule has 1 aromatic carbocycles. The first-order valence-electron chi connectivity index (χ1n) is 12.5. The number of aromatic nitrogens is 2. The molecule has 1 saturated carbocycles. The highest BCUT2D eigenvalue weighted by Crippen LogP contribution is 2.42. The number of benzene rings is 1. The largest absolute Gasteiger partial charge is 0.450 e. The van der Waals surface area contributed by atoms with Crippen molar-refractivity contribution in [1.82, 2.24) is 20.2 Å². The predicted molar refractivity (Wildman–Crippen MR) is 131 cm³/mol. The fourth-order valence-corrected chi connectivity index (χ4v) is 5.43. The second-order valence-electron chi connectivity index (χ2n) is 9.67. The van der Waals surface area contributed by atoms with Crippen LogP contribution >= 0.6 is 0 Å². The van der Waals surface area contributed by atoms with E-state index in [4.69, 9.17) is 10.5 Å². The average molecular weight is 453 g/mol. The third-order valence-electron chi connectivity index (χ3n) is 7.41. The minimum absolute atomic E-state index is 0.183. The molecule has 0 amide bonds. The molecule has 178 valence electrons. The van der Waals surface area contributed by atoms with Crippen molar-refractivity contribution in [1.29, 1.82) is 0 Å². The van der Waals surface area contributed by atoms with Gasteiger partial charge in [0.15, 0.2) is 17.3 Å². The van der Waals surface area contributed by atoms with E-state index in [0.29, 0.717) is 23.4 Å². The second kappa shape index (κ2) is 10.2. The number of hydrogen-bond acceptors (Lipinski definition) is 7. The van der Waals surface area contributed by atoms with Crippen LogP contribution in [0.15, 0.2) is 29.2 Å². The number of nitrogens with two attached hydrogens (primary N) is 1. The second-order valence-corrected chi connectivity index (χ2v) is 9.67. The molecule has 5 N–H and O–H groups in total. The van der Waals surface area contributed by atoms with E-state index >= 15 is 0 Å². The van der Waals surface area contributed by atoms with Crippen LogP contribution in [0.1, 0.15) is 62.5 Å². The van der Waals surface area contributed by atoms with Crippen molar-refractivity contribution < 1.29 is 4.74 Å². The average Bonchev–Trinajstić information content (AvgIpc) is 2.86. The number of piperidine rings is 1. The Balaban J connectivity index is 1.25. The summed E-state index contributed by atoms with van der Waals surface area (Å²) in [5, 5.41) is 10.3. The van der Waals surface area contributed by atoms with Crippen molar-refractivity contribution in [3.63, 3.8) is 0 Å². The summed E-state index contributed by atoms with van der Waals surface area (Å²) in [6.45, 7) is 4.86. The van der Waals surface area contributed by atoms with Gasteiger partial charge in [0, 0.05) is 6.04 Å². The van der Waals surface area contributed by atoms with Gasteiger partial charge in [-0.2, -0.15) is 4.98 Å². The van der Waals surface area contributed by atoms with E-state index in [1.165, 1.54) is 5.56 Å². The third kappa shape index (κ3) is 5.08. The van der Waals surface area contributed by atoms with Gasteiger partial charge in [-0.1, -0.05) is 6.07 Å². The van der Waals surface area contributed by atoms with Gasteiger partial charge >= 0.3 is 5.69 Å². The Kier molecular flexibility index (Phi) is 6.94. The zero-order valence-electron chi connectivity index (χ0n) is 19.3. The van der Waals surface area contributed by atoms with Gasteiger partial charge in [0.25, 0.3) is 0 Å². The molecule has 3 heterocycles. The summed E-state index contributed by atoms with van der Waals surface area (Å²) < 4.78 is 7.97. The molecular formula is C25H36N6O2. The number of anilines is 2. The lowest BCUT2D eigenvalue weighted by atomic mass is 9.86. The molecule has 1 saturated heterocycles. The van der Waals surface area contributed by atoms with Gasteiger partial charge < -0.3 is 26.4 Å². The Bertz CT molecular complexity index is 1010. The smallest absolute Gasteiger partial charge is 0.350 e. The van der Waals surface area contributed by atoms with E-state index in [0.717, 1.165) is 89.1 Å². The normalized spacial score (nSPS) is 22.7. The predicted octanol–water partition coefficient (Wildman–Crippen LogP) is 3.23. The number of ether oxygens (including phenoxy) is 1. The van der Waals surface area contributed by atoms with Gasteiger partial charge in [-0.15, -0.1) is 0 Å². The van der Waals surface area contributed by atoms with Crippen molar-refractivity contribution in [2.45, 2.75) is 56.9 Å². The van der Waals surface area contributed by atoms with Crippen LogP contribution in [0.4, 0.5) is 11.5 Å². The molecule has 0 unspecified atom stereocenters. The van der Waals surface area contributed by atoms with E-state index in [2.05, 4.69) is 33.1 Å². The van der Waals surface area contributed by atoms with Gasteiger partial charge in [0.05, 0.1) is 11.9 Å². The van der Waals surface area contributed by atoms with E-state index in [-0.39, 0.29) is 11.7 Å². The summed E-state index contributed by atoms with van der Waals surface area (Å²) >= 11 is 0. The summed E-state index contributed by atoms with van der Waals surface area (Å²) in [5.41, 5.74) is 7.57. The highest BCUT2D eigenvalue weighted by molar-refractivity contribution is 5.73. The number of fused-ring (bicyclic) bond motifs is 2. The topological polar surface area (TPSA) is 106 Å². The first kappa shape index (κ1) is 22.4. The molecule has 8 heteroatoms. The third-order valence-corrected chi connectivity index (χ3v) is 7.41. The quantitative estimate of drug-likeness (QED) is 0.408. The molecule has 2 fully saturated rings. The van der Waals surface area contributed by atoms with Crippen LogP contribution in [0.3, 0.4) is 0 Å². The van der Waals surface area contributed by atoms with Crippen molar-refractivity contribution in [3.05, 3.63) is 40.4 Å². The summed E-state index contributed by atoms with van der Waals surface area (Å²) in [6, 6.07) is 6.56. The Morgan fingerprint density at radius 3 is 2.73 bits per heavy atom. The fourth-order valence-electron chi connectivity index (χ4n) is 5.43. The zero-order chi connectivity index (χ0) is 22.6. The summed E-state index contributed by atoms with van der Waals surface area (Å²) in [7, 11) is 0. The maximum Gasteiger partial charge on any atom is 0.350 e. The van der Waals surface area contributed by atoms with Crippen LogP contribution in [0.5, 0.6) is 11.5 Å². The molecular weight excluding hydrogens is 416 g/mol. The standard InChI is InChI=1S/C25H36N6O2/c26-10-1-11-28-15-17-2-5-20(6-3-17)31-16-23-24(30-25(31)32)29-21-14-19(4-7-22(21)33-23)18-8-12-27-13-9-18/h4,7,14,16-18,20,27-28H,1-3,5-6,8-13,15,26H2,(H,29,30,32)/t17-,20-. The van der Waals surface area contributed by atoms with Crippen molar-refractivity contribution in [3.8, 4) is 11.5 Å². The molecule has 0 atom stereocenters. The minimum Gasteiger partial charge on any atom is -0.450 e. The van der Waals surface area contributed by atoms with Crippen LogP contribution in [0, 0.1) is 5.92 Å². The van der Waals surface area contributed by atoms with Gasteiger partial charge in [-0.3, -0.25) is 4.57 Å². The molecule has 2 aliphatic heterocycles. The maximum absolute atomic E-state index is 12.9. The molecule has 5 rings (SSSR count). The van der Waals surface area contributed by atoms with Crippen LogP contribution in [0.25, 0.3) is 0 Å². The molecule has 1 aliphatic carbocycles.